The van der Waals surface area contributed by atoms with Crippen molar-refractivity contribution >= 4 is 20.6 Å². The molecule has 1 fully saturated rings. The number of fused-ring (bicyclic) bond motifs is 2. The second-order valence-corrected chi connectivity index (χ2v) is 5.50. The Morgan fingerprint density at radius 3 is 2.53 bits per heavy atom. The van der Waals surface area contributed by atoms with Gasteiger partial charge >= 0.3 is 0 Å². The lowest BCUT2D eigenvalue weighted by atomic mass is 9.74. The van der Waals surface area contributed by atoms with Crippen LogP contribution >= 0.6 is 9.24 Å². The Morgan fingerprint density at radius 2 is 1.89 bits per heavy atom. The van der Waals surface area contributed by atoms with Crippen molar-refractivity contribution in [1.82, 2.24) is 4.90 Å². The van der Waals surface area contributed by atoms with Crippen LogP contribution in [0, 0.1) is 0 Å². The summed E-state index contributed by atoms with van der Waals surface area (Å²) >= 11 is 0. The van der Waals surface area contributed by atoms with E-state index in [1.54, 1.807) is 0 Å². The van der Waals surface area contributed by atoms with Crippen molar-refractivity contribution < 1.29 is 4.79 Å². The van der Waals surface area contributed by atoms with Crippen LogP contribution in [0.15, 0.2) is 24.3 Å². The van der Waals surface area contributed by atoms with Gasteiger partial charge in [0.1, 0.15) is 0 Å². The molecule has 0 aromatic heterocycles. The van der Waals surface area contributed by atoms with Gasteiger partial charge in [0, 0.05) is 30.7 Å². The molecule has 2 aliphatic rings. The maximum atomic E-state index is 11.3. The van der Waals surface area contributed by atoms with E-state index in [1.807, 2.05) is 18.7 Å². The number of hydrogen-bond donors (Lipinski definition) is 1. The molecule has 1 saturated heterocycles. The molecule has 2 aliphatic heterocycles. The smallest absolute Gasteiger partial charge is 0.237 e. The number of amides is 1. The maximum Gasteiger partial charge on any atom is 0.237 e. The predicted molar refractivity (Wildman–Crippen MR) is 83.9 cm³/mol. The topological polar surface area (TPSA) is 32.3 Å². The zero-order valence-electron chi connectivity index (χ0n) is 11.8. The average Bonchev–Trinajstić information content (AvgIpc) is 2.81. The third-order valence-corrected chi connectivity index (χ3v) is 4.51. The van der Waals surface area contributed by atoms with Crippen LogP contribution in [0.1, 0.15) is 32.3 Å². The Kier molecular flexibility index (Phi) is 4.46. The van der Waals surface area contributed by atoms with Crippen LogP contribution in [0.3, 0.4) is 0 Å². The van der Waals surface area contributed by atoms with Crippen LogP contribution in [0.5, 0.6) is 0 Å². The summed E-state index contributed by atoms with van der Waals surface area (Å²) in [7, 11) is 2.27. The van der Waals surface area contributed by atoms with Gasteiger partial charge in [-0.05, 0) is 33.7 Å². The highest BCUT2D eigenvalue weighted by Gasteiger charge is 2.41. The number of carbonyl (C=O) groups excluding carboxylic acids is 1. The molecule has 0 bridgehead atoms. The zero-order chi connectivity index (χ0) is 13.9. The number of para-hydroxylation sites is 1. The molecule has 0 aliphatic carbocycles. The van der Waals surface area contributed by atoms with Crippen LogP contribution in [0.25, 0.3) is 0 Å². The number of rotatable bonds is 0. The standard InChI is InChI=1S/C13H17N2OP.C2H6/c16-12(17)15-7-5-13(6-8-15)9-14-11-4-2-1-3-10(11)13;1-2/h1-4,14H,5-9,17H2;1-2H3. The number of likely N-dealkylation sites (tertiary alicyclic amines) is 1. The molecule has 3 nitrogen and oxygen atoms in total. The average molecular weight is 278 g/mol. The lowest BCUT2D eigenvalue weighted by molar-refractivity contribution is 0.183. The van der Waals surface area contributed by atoms with Crippen LogP contribution in [0.2, 0.25) is 0 Å². The van der Waals surface area contributed by atoms with Crippen LogP contribution in [-0.4, -0.2) is 30.2 Å². The Hall–Kier alpha value is -1.08. The van der Waals surface area contributed by atoms with E-state index in [2.05, 4.69) is 38.8 Å². The van der Waals surface area contributed by atoms with Gasteiger partial charge < -0.3 is 10.2 Å². The normalized spacial score (nSPS) is 19.2. The number of piperidine rings is 1. The number of hydrogen-bond acceptors (Lipinski definition) is 2. The molecule has 3 rings (SSSR count). The van der Waals surface area contributed by atoms with Crippen molar-refractivity contribution in [2.75, 3.05) is 25.0 Å². The van der Waals surface area contributed by atoms with E-state index >= 15 is 0 Å². The third kappa shape index (κ3) is 2.62. The lowest BCUT2D eigenvalue weighted by Gasteiger charge is -2.39. The Labute approximate surface area is 118 Å². The first-order valence-electron chi connectivity index (χ1n) is 7.09. The number of anilines is 1. The molecule has 1 amide bonds. The Bertz CT molecular complexity index is 453. The first kappa shape index (κ1) is 14.3. The van der Waals surface area contributed by atoms with Crippen molar-refractivity contribution in [3.63, 3.8) is 0 Å². The minimum Gasteiger partial charge on any atom is -0.384 e. The van der Waals surface area contributed by atoms with Crippen LogP contribution < -0.4 is 5.32 Å². The molecular weight excluding hydrogens is 255 g/mol. The third-order valence-electron chi connectivity index (χ3n) is 4.15. The van der Waals surface area contributed by atoms with Crippen molar-refractivity contribution in [1.29, 1.82) is 0 Å². The summed E-state index contributed by atoms with van der Waals surface area (Å²) in [4.78, 5) is 13.2. The van der Waals surface area contributed by atoms with E-state index in [4.69, 9.17) is 0 Å². The molecule has 0 radical (unpaired) electrons. The molecule has 19 heavy (non-hydrogen) atoms. The summed E-state index contributed by atoms with van der Waals surface area (Å²) in [5.74, 6) is 0. The first-order chi connectivity index (χ1) is 9.21. The van der Waals surface area contributed by atoms with Crippen molar-refractivity contribution in [2.24, 2.45) is 0 Å². The van der Waals surface area contributed by atoms with Crippen LogP contribution in [0.4, 0.5) is 10.5 Å². The number of nitrogens with zero attached hydrogens (tertiary/aromatic N) is 1. The summed E-state index contributed by atoms with van der Waals surface area (Å²) in [6.07, 6.45) is 2.13. The fourth-order valence-corrected chi connectivity index (χ4v) is 3.32. The van der Waals surface area contributed by atoms with E-state index in [-0.39, 0.29) is 11.1 Å². The molecular formula is C15H23N2OP. The van der Waals surface area contributed by atoms with Gasteiger partial charge in [-0.15, -0.1) is 0 Å². The highest BCUT2D eigenvalue weighted by molar-refractivity contribution is 7.39. The summed E-state index contributed by atoms with van der Waals surface area (Å²) in [6, 6.07) is 8.57. The first-order valence-corrected chi connectivity index (χ1v) is 7.67. The SMILES string of the molecule is CC.O=C(P)N1CCC2(CC1)CNc1ccccc12. The fraction of sp³-hybridized carbons (Fsp3) is 0.533. The Balaban J connectivity index is 0.000000637. The Morgan fingerprint density at radius 1 is 1.26 bits per heavy atom. The summed E-state index contributed by atoms with van der Waals surface area (Å²) < 4.78 is 0. The summed E-state index contributed by atoms with van der Waals surface area (Å²) in [5.41, 5.74) is 3.10. The minimum atomic E-state index is 0.124. The zero-order valence-corrected chi connectivity index (χ0v) is 12.9. The lowest BCUT2D eigenvalue weighted by Crippen LogP contribution is -2.44. The quantitative estimate of drug-likeness (QED) is 0.737. The van der Waals surface area contributed by atoms with Crippen LogP contribution in [-0.2, 0) is 5.41 Å². The van der Waals surface area contributed by atoms with E-state index in [1.165, 1.54) is 11.3 Å². The summed E-state index contributed by atoms with van der Waals surface area (Å²) in [6.45, 7) is 6.77. The van der Waals surface area contributed by atoms with Crippen molar-refractivity contribution in [3.8, 4) is 0 Å². The van der Waals surface area contributed by atoms with E-state index in [0.717, 1.165) is 32.5 Å². The number of nitrogens with one attached hydrogen (secondary N) is 1. The molecule has 1 N–H and O–H groups in total. The van der Waals surface area contributed by atoms with Gasteiger partial charge in [-0.2, -0.15) is 0 Å². The molecule has 1 unspecified atom stereocenters. The van der Waals surface area contributed by atoms with Gasteiger partial charge in [-0.1, -0.05) is 32.0 Å². The number of benzene rings is 1. The van der Waals surface area contributed by atoms with Gasteiger partial charge in [-0.3, -0.25) is 4.79 Å². The van der Waals surface area contributed by atoms with Gasteiger partial charge in [0.05, 0.1) is 0 Å². The second-order valence-electron chi connectivity index (χ2n) is 5.00. The van der Waals surface area contributed by atoms with Gasteiger partial charge in [0.2, 0.25) is 5.65 Å². The molecule has 1 atom stereocenters. The predicted octanol–water partition coefficient (Wildman–Crippen LogP) is 3.47. The van der Waals surface area contributed by atoms with Gasteiger partial charge in [-0.25, -0.2) is 0 Å². The molecule has 1 aromatic carbocycles. The monoisotopic (exact) mass is 278 g/mol. The molecule has 1 spiro atoms. The van der Waals surface area contributed by atoms with Gasteiger partial charge in [0.25, 0.3) is 0 Å². The van der Waals surface area contributed by atoms with Crippen molar-refractivity contribution in [2.45, 2.75) is 32.1 Å². The van der Waals surface area contributed by atoms with Crippen molar-refractivity contribution in [3.05, 3.63) is 29.8 Å². The molecule has 4 heteroatoms. The summed E-state index contributed by atoms with van der Waals surface area (Å²) in [5, 5.41) is 3.50. The largest absolute Gasteiger partial charge is 0.384 e. The molecule has 0 saturated carbocycles. The maximum absolute atomic E-state index is 11.3. The van der Waals surface area contributed by atoms with E-state index < -0.39 is 0 Å². The van der Waals surface area contributed by atoms with E-state index in [9.17, 15) is 4.79 Å². The minimum absolute atomic E-state index is 0.124. The molecule has 1 aromatic rings. The number of carbonyl (C=O) groups is 1. The second kappa shape index (κ2) is 5.92. The molecule has 2 heterocycles. The highest BCUT2D eigenvalue weighted by atomic mass is 31.0. The fourth-order valence-electron chi connectivity index (χ4n) is 3.06. The molecule has 104 valence electrons. The highest BCUT2D eigenvalue weighted by Crippen LogP contribution is 2.43. The van der Waals surface area contributed by atoms with Gasteiger partial charge in [0.15, 0.2) is 0 Å². The van der Waals surface area contributed by atoms with E-state index in [0.29, 0.717) is 0 Å².